The second-order valence-corrected chi connectivity index (χ2v) is 8.42. The lowest BCUT2D eigenvalue weighted by molar-refractivity contribution is -0.130. The predicted octanol–water partition coefficient (Wildman–Crippen LogP) is 2.86. The van der Waals surface area contributed by atoms with E-state index in [-0.39, 0.29) is 38.2 Å². The molecule has 9 nitrogen and oxygen atoms in total. The number of benzene rings is 2. The van der Waals surface area contributed by atoms with Crippen molar-refractivity contribution in [3.8, 4) is 11.5 Å². The number of hydrogen-bond acceptors (Lipinski definition) is 8. The number of carbonyl (C=O) groups is 3. The molecule has 0 aromatic heterocycles. The molecule has 2 aliphatic heterocycles. The number of carbonyl (C=O) groups excluding carboxylic acids is 3. The summed E-state index contributed by atoms with van der Waals surface area (Å²) in [5.74, 6) is 0.431. The molecule has 2 heterocycles. The SMILES string of the molecule is CCOC(=O)c1ccc(N=C2SC(C(=O)NC)CC(=O)N2Cc2ccc3c(c2)OCO3)cc1. The summed E-state index contributed by atoms with van der Waals surface area (Å²) in [5.41, 5.74) is 1.80. The highest BCUT2D eigenvalue weighted by atomic mass is 32.2. The molecular formula is C23H23N3O6S. The topological polar surface area (TPSA) is 107 Å². The van der Waals surface area contributed by atoms with E-state index in [1.165, 1.54) is 18.8 Å². The Morgan fingerprint density at radius 2 is 1.94 bits per heavy atom. The van der Waals surface area contributed by atoms with Crippen LogP contribution < -0.4 is 14.8 Å². The van der Waals surface area contributed by atoms with Crippen LogP contribution in [0.4, 0.5) is 5.69 Å². The van der Waals surface area contributed by atoms with Crippen molar-refractivity contribution in [3.05, 3.63) is 53.6 Å². The third-order valence-corrected chi connectivity index (χ3v) is 6.25. The van der Waals surface area contributed by atoms with Crippen molar-refractivity contribution >= 4 is 40.4 Å². The molecule has 1 N–H and O–H groups in total. The Labute approximate surface area is 195 Å². The number of amides is 2. The molecule has 0 spiro atoms. The first-order valence-electron chi connectivity index (χ1n) is 10.4. The Kier molecular flexibility index (Phi) is 6.83. The minimum Gasteiger partial charge on any atom is -0.462 e. The number of ether oxygens (including phenoxy) is 3. The number of esters is 1. The van der Waals surface area contributed by atoms with Gasteiger partial charge in [0, 0.05) is 13.5 Å². The molecular weight excluding hydrogens is 446 g/mol. The third kappa shape index (κ3) is 5.11. The van der Waals surface area contributed by atoms with Crippen molar-refractivity contribution in [3.63, 3.8) is 0 Å². The zero-order valence-corrected chi connectivity index (χ0v) is 19.0. The second kappa shape index (κ2) is 9.95. The molecule has 4 rings (SSSR count). The van der Waals surface area contributed by atoms with Crippen LogP contribution in [0.15, 0.2) is 47.5 Å². The summed E-state index contributed by atoms with van der Waals surface area (Å²) in [6.45, 7) is 2.47. The second-order valence-electron chi connectivity index (χ2n) is 7.25. The first-order valence-corrected chi connectivity index (χ1v) is 11.3. The molecule has 2 aliphatic rings. The van der Waals surface area contributed by atoms with Gasteiger partial charge in [-0.1, -0.05) is 17.8 Å². The smallest absolute Gasteiger partial charge is 0.338 e. The van der Waals surface area contributed by atoms with Gasteiger partial charge in [0.15, 0.2) is 16.7 Å². The molecule has 2 amide bonds. The van der Waals surface area contributed by atoms with Crippen molar-refractivity contribution in [2.75, 3.05) is 20.4 Å². The number of amidine groups is 1. The molecule has 1 unspecified atom stereocenters. The summed E-state index contributed by atoms with van der Waals surface area (Å²) >= 11 is 1.23. The number of hydrogen-bond donors (Lipinski definition) is 1. The highest BCUT2D eigenvalue weighted by molar-refractivity contribution is 8.15. The molecule has 2 aromatic carbocycles. The summed E-state index contributed by atoms with van der Waals surface area (Å²) in [6, 6.07) is 12.1. The Morgan fingerprint density at radius 3 is 2.67 bits per heavy atom. The van der Waals surface area contributed by atoms with Gasteiger partial charge >= 0.3 is 5.97 Å². The lowest BCUT2D eigenvalue weighted by atomic mass is 10.1. The van der Waals surface area contributed by atoms with E-state index < -0.39 is 11.2 Å². The first-order chi connectivity index (χ1) is 16.0. The van der Waals surface area contributed by atoms with Crippen LogP contribution >= 0.6 is 11.8 Å². The number of nitrogens with one attached hydrogen (secondary N) is 1. The van der Waals surface area contributed by atoms with Crippen LogP contribution in [0.5, 0.6) is 11.5 Å². The van der Waals surface area contributed by atoms with E-state index in [0.29, 0.717) is 27.9 Å². The van der Waals surface area contributed by atoms with Gasteiger partial charge in [-0.15, -0.1) is 0 Å². The van der Waals surface area contributed by atoms with E-state index in [2.05, 4.69) is 10.3 Å². The van der Waals surface area contributed by atoms with Crippen LogP contribution in [0.25, 0.3) is 0 Å². The molecule has 0 saturated carbocycles. The minimum absolute atomic E-state index is 0.0652. The molecule has 2 aromatic rings. The zero-order chi connectivity index (χ0) is 23.4. The molecule has 33 heavy (non-hydrogen) atoms. The molecule has 0 aliphatic carbocycles. The standard InChI is InChI=1S/C23H23N3O6S/c1-3-30-22(29)15-5-7-16(8-6-15)25-23-26(20(27)11-19(33-23)21(28)24-2)12-14-4-9-17-18(10-14)32-13-31-17/h4-10,19H,3,11-13H2,1-2H3,(H,24,28). The molecule has 1 saturated heterocycles. The molecule has 1 atom stereocenters. The average molecular weight is 470 g/mol. The van der Waals surface area contributed by atoms with Gasteiger partial charge in [0.2, 0.25) is 18.6 Å². The fourth-order valence-electron chi connectivity index (χ4n) is 3.38. The number of fused-ring (bicyclic) bond motifs is 1. The number of aliphatic imine (C=N–C) groups is 1. The summed E-state index contributed by atoms with van der Waals surface area (Å²) in [5, 5.41) is 2.43. The van der Waals surface area contributed by atoms with Crippen LogP contribution in [0, 0.1) is 0 Å². The summed E-state index contributed by atoms with van der Waals surface area (Å²) in [7, 11) is 1.54. The fourth-order valence-corrected chi connectivity index (χ4v) is 4.53. The van der Waals surface area contributed by atoms with E-state index >= 15 is 0 Å². The summed E-state index contributed by atoms with van der Waals surface area (Å²) in [6.07, 6.45) is 0.0652. The van der Waals surface area contributed by atoms with Crippen LogP contribution in [-0.4, -0.2) is 53.5 Å². The highest BCUT2D eigenvalue weighted by Gasteiger charge is 2.35. The average Bonchev–Trinajstić information content (AvgIpc) is 3.29. The third-order valence-electron chi connectivity index (χ3n) is 5.06. The molecule has 10 heteroatoms. The predicted molar refractivity (Wildman–Crippen MR) is 123 cm³/mol. The Hall–Kier alpha value is -3.53. The van der Waals surface area contributed by atoms with Gasteiger partial charge in [-0.25, -0.2) is 9.79 Å². The quantitative estimate of drug-likeness (QED) is 0.649. The van der Waals surface area contributed by atoms with Gasteiger partial charge in [-0.3, -0.25) is 14.5 Å². The van der Waals surface area contributed by atoms with Crippen LogP contribution in [0.1, 0.15) is 29.3 Å². The van der Waals surface area contributed by atoms with Crippen LogP contribution in [-0.2, 0) is 20.9 Å². The Balaban J connectivity index is 1.61. The maximum atomic E-state index is 13.0. The van der Waals surface area contributed by atoms with Crippen molar-refractivity contribution < 1.29 is 28.6 Å². The Bertz CT molecular complexity index is 1100. The highest BCUT2D eigenvalue weighted by Crippen LogP contribution is 2.35. The summed E-state index contributed by atoms with van der Waals surface area (Å²) < 4.78 is 15.8. The van der Waals surface area contributed by atoms with Crippen LogP contribution in [0.2, 0.25) is 0 Å². The van der Waals surface area contributed by atoms with Crippen LogP contribution in [0.3, 0.4) is 0 Å². The van der Waals surface area contributed by atoms with Gasteiger partial charge < -0.3 is 19.5 Å². The van der Waals surface area contributed by atoms with Crippen molar-refractivity contribution in [2.45, 2.75) is 25.1 Å². The van der Waals surface area contributed by atoms with E-state index in [1.807, 2.05) is 12.1 Å². The number of thioether (sulfide) groups is 1. The van der Waals surface area contributed by atoms with E-state index in [4.69, 9.17) is 14.2 Å². The fraction of sp³-hybridized carbons (Fsp3) is 0.304. The first kappa shape index (κ1) is 22.7. The molecule has 1 fully saturated rings. The maximum Gasteiger partial charge on any atom is 0.338 e. The zero-order valence-electron chi connectivity index (χ0n) is 18.2. The summed E-state index contributed by atoms with van der Waals surface area (Å²) in [4.78, 5) is 43.3. The monoisotopic (exact) mass is 469 g/mol. The van der Waals surface area contributed by atoms with Gasteiger partial charge in [-0.2, -0.15) is 0 Å². The van der Waals surface area contributed by atoms with Gasteiger partial charge in [0.05, 0.1) is 29.7 Å². The van der Waals surface area contributed by atoms with Crippen molar-refractivity contribution in [1.29, 1.82) is 0 Å². The van der Waals surface area contributed by atoms with E-state index in [9.17, 15) is 14.4 Å². The molecule has 0 bridgehead atoms. The lowest BCUT2D eigenvalue weighted by Crippen LogP contribution is -2.45. The maximum absolute atomic E-state index is 13.0. The number of rotatable bonds is 6. The number of nitrogens with zero attached hydrogens (tertiary/aromatic N) is 2. The minimum atomic E-state index is -0.576. The van der Waals surface area contributed by atoms with E-state index in [0.717, 1.165) is 5.56 Å². The van der Waals surface area contributed by atoms with Crippen molar-refractivity contribution in [1.82, 2.24) is 10.2 Å². The normalized spacial score (nSPS) is 18.4. The van der Waals surface area contributed by atoms with Gasteiger partial charge in [0.1, 0.15) is 0 Å². The Morgan fingerprint density at radius 1 is 1.18 bits per heavy atom. The van der Waals surface area contributed by atoms with Crippen molar-refractivity contribution in [2.24, 2.45) is 4.99 Å². The molecule has 172 valence electrons. The largest absolute Gasteiger partial charge is 0.462 e. The lowest BCUT2D eigenvalue weighted by Gasteiger charge is -2.31. The van der Waals surface area contributed by atoms with Gasteiger partial charge in [0.25, 0.3) is 0 Å². The van der Waals surface area contributed by atoms with E-state index in [1.54, 1.807) is 42.2 Å². The molecule has 0 radical (unpaired) electrons. The van der Waals surface area contributed by atoms with Gasteiger partial charge in [-0.05, 0) is 48.9 Å².